The van der Waals surface area contributed by atoms with Gasteiger partial charge in [-0.3, -0.25) is 9.59 Å². The Bertz CT molecular complexity index is 289. The molecule has 1 heterocycles. The van der Waals surface area contributed by atoms with E-state index in [1.807, 2.05) is 0 Å². The molecule has 5 nitrogen and oxygen atoms in total. The summed E-state index contributed by atoms with van der Waals surface area (Å²) >= 11 is 0. The second kappa shape index (κ2) is 4.82. The van der Waals surface area contributed by atoms with Gasteiger partial charge in [-0.25, -0.2) is 0 Å². The van der Waals surface area contributed by atoms with Gasteiger partial charge < -0.3 is 15.5 Å². The van der Waals surface area contributed by atoms with Crippen molar-refractivity contribution >= 4 is 11.8 Å². The lowest BCUT2D eigenvalue weighted by atomic mass is 10.2. The molecule has 1 saturated carbocycles. The number of rotatable bonds is 5. The van der Waals surface area contributed by atoms with E-state index in [2.05, 4.69) is 10.6 Å². The Morgan fingerprint density at radius 3 is 2.75 bits per heavy atom. The van der Waals surface area contributed by atoms with Crippen LogP contribution in [-0.2, 0) is 9.59 Å². The number of hydrogen-bond acceptors (Lipinski definition) is 3. The monoisotopic (exact) mass is 225 g/mol. The van der Waals surface area contributed by atoms with Crippen LogP contribution in [0.4, 0.5) is 0 Å². The molecule has 1 saturated heterocycles. The molecular weight excluding hydrogens is 206 g/mol. The molecule has 1 atom stereocenters. The summed E-state index contributed by atoms with van der Waals surface area (Å²) in [7, 11) is 1.80. The molecule has 0 spiro atoms. The molecule has 0 radical (unpaired) electrons. The maximum absolute atomic E-state index is 11.7. The molecule has 90 valence electrons. The number of likely N-dealkylation sites (N-methyl/N-ethyl adjacent to an activating group) is 1. The average Bonchev–Trinajstić information content (AvgIpc) is 2.99. The summed E-state index contributed by atoms with van der Waals surface area (Å²) in [5.41, 5.74) is 0. The Morgan fingerprint density at radius 2 is 2.19 bits per heavy atom. The fraction of sp³-hybridized carbons (Fsp3) is 0.818. The summed E-state index contributed by atoms with van der Waals surface area (Å²) in [5.74, 6) is 0.199. The molecule has 0 aromatic heterocycles. The lowest BCUT2D eigenvalue weighted by molar-refractivity contribution is -0.130. The van der Waals surface area contributed by atoms with Crippen LogP contribution >= 0.6 is 0 Å². The fourth-order valence-electron chi connectivity index (χ4n) is 1.99. The number of carbonyl (C=O) groups excluding carboxylic acids is 2. The molecule has 1 unspecified atom stereocenters. The molecule has 0 aromatic carbocycles. The average molecular weight is 225 g/mol. The first-order valence-electron chi connectivity index (χ1n) is 5.96. The number of nitrogens with zero attached hydrogens (tertiary/aromatic N) is 1. The third-order valence-corrected chi connectivity index (χ3v) is 3.20. The summed E-state index contributed by atoms with van der Waals surface area (Å²) in [6.45, 7) is 1.32. The van der Waals surface area contributed by atoms with Crippen molar-refractivity contribution in [2.75, 3.05) is 20.1 Å². The standard InChI is InChI=1S/C11H19N3O2/c1-12-9-4-6-14(11(9)16)7-5-10(15)13-8-2-3-8/h8-9,12H,2-7H2,1H3,(H,13,15). The Kier molecular flexibility index (Phi) is 3.43. The van der Waals surface area contributed by atoms with Crippen LogP contribution in [0.2, 0.25) is 0 Å². The lowest BCUT2D eigenvalue weighted by Crippen LogP contribution is -2.38. The van der Waals surface area contributed by atoms with Crippen molar-refractivity contribution in [2.24, 2.45) is 0 Å². The Labute approximate surface area is 95.6 Å². The third-order valence-electron chi connectivity index (χ3n) is 3.20. The van der Waals surface area contributed by atoms with Gasteiger partial charge in [0.1, 0.15) is 0 Å². The van der Waals surface area contributed by atoms with Crippen LogP contribution in [0, 0.1) is 0 Å². The van der Waals surface area contributed by atoms with E-state index in [0.717, 1.165) is 25.8 Å². The highest BCUT2D eigenvalue weighted by Gasteiger charge is 2.30. The predicted molar refractivity (Wildman–Crippen MR) is 59.8 cm³/mol. The quantitative estimate of drug-likeness (QED) is 0.661. The number of carbonyl (C=O) groups is 2. The van der Waals surface area contributed by atoms with Gasteiger partial charge in [0, 0.05) is 25.6 Å². The van der Waals surface area contributed by atoms with Crippen molar-refractivity contribution in [3.63, 3.8) is 0 Å². The lowest BCUT2D eigenvalue weighted by Gasteiger charge is -2.16. The Hall–Kier alpha value is -1.10. The summed E-state index contributed by atoms with van der Waals surface area (Å²) in [5, 5.41) is 5.91. The molecule has 0 bridgehead atoms. The molecule has 2 fully saturated rings. The molecule has 5 heteroatoms. The van der Waals surface area contributed by atoms with E-state index < -0.39 is 0 Å². The summed E-state index contributed by atoms with van der Waals surface area (Å²) in [4.78, 5) is 24.9. The van der Waals surface area contributed by atoms with Gasteiger partial charge in [0.25, 0.3) is 0 Å². The van der Waals surface area contributed by atoms with E-state index in [0.29, 0.717) is 19.0 Å². The van der Waals surface area contributed by atoms with Crippen LogP contribution in [0.5, 0.6) is 0 Å². The second-order valence-corrected chi connectivity index (χ2v) is 4.55. The van der Waals surface area contributed by atoms with Gasteiger partial charge in [-0.1, -0.05) is 0 Å². The minimum absolute atomic E-state index is 0.0495. The molecule has 1 aliphatic heterocycles. The van der Waals surface area contributed by atoms with Gasteiger partial charge in [0.2, 0.25) is 11.8 Å². The normalized spacial score (nSPS) is 24.9. The number of nitrogens with one attached hydrogen (secondary N) is 2. The van der Waals surface area contributed by atoms with E-state index in [9.17, 15) is 9.59 Å². The third kappa shape index (κ3) is 2.72. The van der Waals surface area contributed by atoms with Crippen molar-refractivity contribution in [3.8, 4) is 0 Å². The van der Waals surface area contributed by atoms with Crippen molar-refractivity contribution in [3.05, 3.63) is 0 Å². The number of likely N-dealkylation sites (tertiary alicyclic amines) is 1. The van der Waals surface area contributed by atoms with Crippen LogP contribution in [0.25, 0.3) is 0 Å². The molecule has 2 rings (SSSR count). The van der Waals surface area contributed by atoms with Crippen LogP contribution < -0.4 is 10.6 Å². The molecule has 2 aliphatic rings. The minimum atomic E-state index is -0.0495. The first kappa shape index (κ1) is 11.4. The van der Waals surface area contributed by atoms with Gasteiger partial charge in [-0.15, -0.1) is 0 Å². The van der Waals surface area contributed by atoms with Crippen molar-refractivity contribution in [2.45, 2.75) is 37.8 Å². The zero-order valence-electron chi connectivity index (χ0n) is 9.66. The minimum Gasteiger partial charge on any atom is -0.353 e. The van der Waals surface area contributed by atoms with Crippen LogP contribution in [0.15, 0.2) is 0 Å². The molecular formula is C11H19N3O2. The van der Waals surface area contributed by atoms with Crippen molar-refractivity contribution < 1.29 is 9.59 Å². The fourth-order valence-corrected chi connectivity index (χ4v) is 1.99. The summed E-state index contributed by atoms with van der Waals surface area (Å²) < 4.78 is 0. The number of hydrogen-bond donors (Lipinski definition) is 2. The molecule has 16 heavy (non-hydrogen) atoms. The van der Waals surface area contributed by atoms with Gasteiger partial charge in [0.05, 0.1) is 6.04 Å². The van der Waals surface area contributed by atoms with Crippen LogP contribution in [0.3, 0.4) is 0 Å². The second-order valence-electron chi connectivity index (χ2n) is 4.55. The van der Waals surface area contributed by atoms with E-state index in [1.165, 1.54) is 0 Å². The van der Waals surface area contributed by atoms with Gasteiger partial charge in [0.15, 0.2) is 0 Å². The molecule has 2 N–H and O–H groups in total. The van der Waals surface area contributed by atoms with E-state index in [1.54, 1.807) is 11.9 Å². The summed E-state index contributed by atoms with van der Waals surface area (Å²) in [6.07, 6.45) is 3.49. The topological polar surface area (TPSA) is 61.4 Å². The maximum Gasteiger partial charge on any atom is 0.239 e. The highest BCUT2D eigenvalue weighted by molar-refractivity contribution is 5.84. The zero-order valence-corrected chi connectivity index (χ0v) is 9.66. The van der Waals surface area contributed by atoms with Crippen molar-refractivity contribution in [1.29, 1.82) is 0 Å². The first-order valence-corrected chi connectivity index (χ1v) is 5.96. The Morgan fingerprint density at radius 1 is 1.44 bits per heavy atom. The number of amides is 2. The van der Waals surface area contributed by atoms with E-state index >= 15 is 0 Å². The van der Waals surface area contributed by atoms with Gasteiger partial charge in [-0.05, 0) is 26.3 Å². The van der Waals surface area contributed by atoms with Crippen LogP contribution in [0.1, 0.15) is 25.7 Å². The maximum atomic E-state index is 11.7. The van der Waals surface area contributed by atoms with E-state index in [4.69, 9.17) is 0 Å². The summed E-state index contributed by atoms with van der Waals surface area (Å²) in [6, 6.07) is 0.360. The van der Waals surface area contributed by atoms with E-state index in [-0.39, 0.29) is 17.9 Å². The molecule has 0 aromatic rings. The zero-order chi connectivity index (χ0) is 11.5. The molecule has 2 amide bonds. The SMILES string of the molecule is CNC1CCN(CCC(=O)NC2CC2)C1=O. The first-order chi connectivity index (χ1) is 7.70. The highest BCUT2D eigenvalue weighted by Crippen LogP contribution is 2.18. The van der Waals surface area contributed by atoms with Gasteiger partial charge >= 0.3 is 0 Å². The molecule has 1 aliphatic carbocycles. The predicted octanol–water partition coefficient (Wildman–Crippen LogP) is -0.525. The largest absolute Gasteiger partial charge is 0.353 e. The Balaban J connectivity index is 1.69. The highest BCUT2D eigenvalue weighted by atomic mass is 16.2. The van der Waals surface area contributed by atoms with Crippen LogP contribution in [-0.4, -0.2) is 48.9 Å². The van der Waals surface area contributed by atoms with Gasteiger partial charge in [-0.2, -0.15) is 0 Å². The van der Waals surface area contributed by atoms with Crippen molar-refractivity contribution in [1.82, 2.24) is 15.5 Å². The smallest absolute Gasteiger partial charge is 0.239 e.